The lowest BCUT2D eigenvalue weighted by molar-refractivity contribution is -0.120. The topological polar surface area (TPSA) is 56.7 Å². The molecule has 5 nitrogen and oxygen atoms in total. The lowest BCUT2D eigenvalue weighted by Gasteiger charge is -2.27. The van der Waals surface area contributed by atoms with Gasteiger partial charge in [0.2, 0.25) is 5.91 Å². The molecule has 0 radical (unpaired) electrons. The maximum atomic E-state index is 13.6. The van der Waals surface area contributed by atoms with Crippen molar-refractivity contribution in [1.82, 2.24) is 4.98 Å². The number of aromatic hydroxyl groups is 1. The Morgan fingerprint density at radius 1 is 0.968 bits per heavy atom. The molecule has 0 fully saturated rings. The van der Waals surface area contributed by atoms with Crippen LogP contribution in [-0.2, 0) is 4.79 Å². The van der Waals surface area contributed by atoms with Crippen LogP contribution in [0.25, 0.3) is 10.9 Å². The molecule has 1 unspecified atom stereocenters. The van der Waals surface area contributed by atoms with Crippen molar-refractivity contribution in [3.05, 3.63) is 84.0 Å². The molecule has 0 saturated carbocycles. The van der Waals surface area contributed by atoms with Crippen molar-refractivity contribution >= 4 is 51.2 Å². The minimum atomic E-state index is -0.286. The van der Waals surface area contributed by atoms with Crippen LogP contribution < -0.4 is 9.80 Å². The van der Waals surface area contributed by atoms with Gasteiger partial charge in [-0.15, -0.1) is 0 Å². The SMILES string of the molecule is CC1CN(c2ccc(O)cc2)c2cc(Cl)ccc2N(c2cnc3ccccc3c2)C1=O. The molecule has 0 bridgehead atoms. The number of aromatic nitrogens is 1. The summed E-state index contributed by atoms with van der Waals surface area (Å²) >= 11 is 6.37. The normalized spacial score (nSPS) is 16.3. The maximum absolute atomic E-state index is 13.6. The van der Waals surface area contributed by atoms with Crippen molar-refractivity contribution < 1.29 is 9.90 Å². The average molecular weight is 430 g/mol. The van der Waals surface area contributed by atoms with Gasteiger partial charge in [0.05, 0.1) is 34.7 Å². The molecule has 5 rings (SSSR count). The Hall–Kier alpha value is -3.57. The van der Waals surface area contributed by atoms with Gasteiger partial charge in [-0.1, -0.05) is 36.7 Å². The summed E-state index contributed by atoms with van der Waals surface area (Å²) in [5.74, 6) is -0.105. The van der Waals surface area contributed by atoms with Crippen molar-refractivity contribution in [2.45, 2.75) is 6.92 Å². The summed E-state index contributed by atoms with van der Waals surface area (Å²) in [6.07, 6.45) is 1.74. The van der Waals surface area contributed by atoms with E-state index in [1.807, 2.05) is 61.5 Å². The molecule has 1 amide bonds. The quantitative estimate of drug-likeness (QED) is 0.421. The summed E-state index contributed by atoms with van der Waals surface area (Å²) in [6.45, 7) is 2.40. The zero-order chi connectivity index (χ0) is 21.5. The number of carbonyl (C=O) groups excluding carboxylic acids is 1. The van der Waals surface area contributed by atoms with Crippen LogP contribution in [0.5, 0.6) is 5.75 Å². The molecule has 3 aromatic carbocycles. The summed E-state index contributed by atoms with van der Waals surface area (Å²) in [5, 5.41) is 11.3. The molecule has 1 N–H and O–H groups in total. The molecular weight excluding hydrogens is 410 g/mol. The number of fused-ring (bicyclic) bond motifs is 2. The summed E-state index contributed by atoms with van der Waals surface area (Å²) in [5.41, 5.74) is 4.03. The lowest BCUT2D eigenvalue weighted by Crippen LogP contribution is -2.33. The number of phenols is 1. The number of rotatable bonds is 2. The number of benzene rings is 3. The first-order chi connectivity index (χ1) is 15.0. The predicted octanol–water partition coefficient (Wildman–Crippen LogP) is 6.05. The van der Waals surface area contributed by atoms with Gasteiger partial charge in [0, 0.05) is 22.6 Å². The highest BCUT2D eigenvalue weighted by atomic mass is 35.5. The van der Waals surface area contributed by atoms with Crippen molar-refractivity contribution in [3.63, 3.8) is 0 Å². The van der Waals surface area contributed by atoms with E-state index < -0.39 is 0 Å². The van der Waals surface area contributed by atoms with Crippen LogP contribution in [-0.4, -0.2) is 22.5 Å². The van der Waals surface area contributed by atoms with Gasteiger partial charge in [-0.3, -0.25) is 14.7 Å². The van der Waals surface area contributed by atoms with E-state index in [2.05, 4.69) is 9.88 Å². The molecule has 1 aliphatic rings. The Balaban J connectivity index is 1.71. The van der Waals surface area contributed by atoms with E-state index in [0.717, 1.165) is 28.0 Å². The van der Waals surface area contributed by atoms with E-state index in [0.29, 0.717) is 17.3 Å². The van der Waals surface area contributed by atoms with E-state index >= 15 is 0 Å². The highest BCUT2D eigenvalue weighted by Crippen LogP contribution is 2.43. The molecule has 2 heterocycles. The highest BCUT2D eigenvalue weighted by Gasteiger charge is 2.33. The van der Waals surface area contributed by atoms with Crippen LogP contribution in [0.2, 0.25) is 5.02 Å². The first kappa shape index (κ1) is 19.4. The molecule has 0 spiro atoms. The number of carbonyl (C=O) groups is 1. The first-order valence-electron chi connectivity index (χ1n) is 10.1. The molecule has 6 heteroatoms. The summed E-state index contributed by atoms with van der Waals surface area (Å²) in [7, 11) is 0. The van der Waals surface area contributed by atoms with Crippen molar-refractivity contribution in [2.75, 3.05) is 16.3 Å². The van der Waals surface area contributed by atoms with Crippen LogP contribution in [0.15, 0.2) is 79.0 Å². The van der Waals surface area contributed by atoms with Gasteiger partial charge in [0.15, 0.2) is 0 Å². The van der Waals surface area contributed by atoms with Gasteiger partial charge >= 0.3 is 0 Å². The number of nitrogens with zero attached hydrogens (tertiary/aromatic N) is 3. The van der Waals surface area contributed by atoms with Gasteiger partial charge in [-0.05, 0) is 54.6 Å². The van der Waals surface area contributed by atoms with Crippen LogP contribution in [0.1, 0.15) is 6.92 Å². The van der Waals surface area contributed by atoms with E-state index in [1.165, 1.54) is 0 Å². The number of halogens is 1. The third-order valence-electron chi connectivity index (χ3n) is 5.56. The lowest BCUT2D eigenvalue weighted by atomic mass is 10.1. The number of hydrogen-bond acceptors (Lipinski definition) is 4. The van der Waals surface area contributed by atoms with Gasteiger partial charge in [-0.25, -0.2) is 0 Å². The summed E-state index contributed by atoms with van der Waals surface area (Å²) in [6, 6.07) is 22.3. The molecular formula is C25H20ClN3O2. The van der Waals surface area contributed by atoms with Crippen molar-refractivity contribution in [3.8, 4) is 5.75 Å². The fraction of sp³-hybridized carbons (Fsp3) is 0.120. The largest absolute Gasteiger partial charge is 0.508 e. The molecule has 1 atom stereocenters. The third-order valence-corrected chi connectivity index (χ3v) is 5.80. The zero-order valence-electron chi connectivity index (χ0n) is 16.9. The summed E-state index contributed by atoms with van der Waals surface area (Å²) < 4.78 is 0. The zero-order valence-corrected chi connectivity index (χ0v) is 17.6. The van der Waals surface area contributed by atoms with E-state index in [1.54, 1.807) is 29.3 Å². The van der Waals surface area contributed by atoms with Crippen LogP contribution >= 0.6 is 11.6 Å². The molecule has 0 aliphatic carbocycles. The van der Waals surface area contributed by atoms with E-state index in [-0.39, 0.29) is 17.6 Å². The smallest absolute Gasteiger partial charge is 0.236 e. The standard InChI is InChI=1S/C25H20ClN3O2/c1-16-15-28(19-7-9-21(30)10-8-19)24-13-18(26)6-11-23(24)29(25(16)31)20-12-17-4-2-3-5-22(17)27-14-20/h2-14,16,30H,15H2,1H3. The molecule has 1 aromatic heterocycles. The maximum Gasteiger partial charge on any atom is 0.236 e. The second kappa shape index (κ2) is 7.60. The molecule has 0 saturated heterocycles. The molecule has 1 aliphatic heterocycles. The van der Waals surface area contributed by atoms with Crippen molar-refractivity contribution in [2.24, 2.45) is 5.92 Å². The minimum Gasteiger partial charge on any atom is -0.508 e. The second-order valence-corrected chi connectivity index (χ2v) is 8.16. The Kier molecular flexibility index (Phi) is 4.75. The number of phenolic OH excluding ortho intramolecular Hbond substituents is 1. The number of amides is 1. The number of anilines is 4. The second-order valence-electron chi connectivity index (χ2n) is 7.72. The monoisotopic (exact) mass is 429 g/mol. The van der Waals surface area contributed by atoms with Crippen molar-refractivity contribution in [1.29, 1.82) is 0 Å². The fourth-order valence-electron chi connectivity index (χ4n) is 4.02. The third kappa shape index (κ3) is 3.47. The van der Waals surface area contributed by atoms with Gasteiger partial charge in [-0.2, -0.15) is 0 Å². The average Bonchev–Trinajstić information content (AvgIpc) is 2.88. The first-order valence-corrected chi connectivity index (χ1v) is 10.4. The van der Waals surface area contributed by atoms with E-state index in [9.17, 15) is 9.90 Å². The summed E-state index contributed by atoms with van der Waals surface area (Å²) in [4.78, 5) is 21.9. The number of para-hydroxylation sites is 1. The van der Waals surface area contributed by atoms with E-state index in [4.69, 9.17) is 11.6 Å². The van der Waals surface area contributed by atoms with Gasteiger partial charge < -0.3 is 10.0 Å². The highest BCUT2D eigenvalue weighted by molar-refractivity contribution is 6.31. The number of pyridine rings is 1. The van der Waals surface area contributed by atoms with Crippen LogP contribution in [0, 0.1) is 5.92 Å². The predicted molar refractivity (Wildman–Crippen MR) is 125 cm³/mol. The molecule has 31 heavy (non-hydrogen) atoms. The minimum absolute atomic E-state index is 0.0121. The Morgan fingerprint density at radius 3 is 2.55 bits per heavy atom. The fourth-order valence-corrected chi connectivity index (χ4v) is 4.18. The Bertz CT molecular complexity index is 1290. The van der Waals surface area contributed by atoms with Crippen LogP contribution in [0.4, 0.5) is 22.7 Å². The Morgan fingerprint density at radius 2 is 1.74 bits per heavy atom. The number of hydrogen-bond donors (Lipinski definition) is 1. The van der Waals surface area contributed by atoms with Gasteiger partial charge in [0.25, 0.3) is 0 Å². The Labute approximate surface area is 185 Å². The van der Waals surface area contributed by atoms with Crippen LogP contribution in [0.3, 0.4) is 0 Å². The molecule has 154 valence electrons. The van der Waals surface area contributed by atoms with Gasteiger partial charge in [0.1, 0.15) is 5.75 Å². The molecule has 4 aromatic rings.